The molecule has 1 aromatic rings. The Labute approximate surface area is 169 Å². The van der Waals surface area contributed by atoms with Gasteiger partial charge in [-0.3, -0.25) is 0 Å². The summed E-state index contributed by atoms with van der Waals surface area (Å²) in [5, 5.41) is 0. The molecule has 0 amide bonds. The van der Waals surface area contributed by atoms with E-state index in [2.05, 4.69) is 49.4 Å². The van der Waals surface area contributed by atoms with E-state index in [1.165, 1.54) is 108 Å². The fraction of sp³-hybridized carbons (Fsp3) is 0.692. The topological polar surface area (TPSA) is 26.0 Å². The lowest BCUT2D eigenvalue weighted by Gasteiger charge is -2.05. The maximum atomic E-state index is 5.78. The maximum absolute atomic E-state index is 5.78. The lowest BCUT2D eigenvalue weighted by molar-refractivity contribution is 0.522. The molecule has 1 aromatic carbocycles. The molecular formula is C26H45N. The van der Waals surface area contributed by atoms with Gasteiger partial charge in [-0.1, -0.05) is 126 Å². The summed E-state index contributed by atoms with van der Waals surface area (Å²) in [6.07, 6.45) is 26.8. The van der Waals surface area contributed by atoms with Crippen LogP contribution in [0.2, 0.25) is 0 Å². The van der Waals surface area contributed by atoms with Crippen molar-refractivity contribution in [2.75, 3.05) is 0 Å². The number of hydrogen-bond acceptors (Lipinski definition) is 1. The van der Waals surface area contributed by atoms with Gasteiger partial charge < -0.3 is 5.73 Å². The minimum absolute atomic E-state index is 0.390. The van der Waals surface area contributed by atoms with Gasteiger partial charge in [-0.25, -0.2) is 0 Å². The first-order valence-corrected chi connectivity index (χ1v) is 11.8. The van der Waals surface area contributed by atoms with Gasteiger partial charge in [0.25, 0.3) is 0 Å². The molecule has 0 bridgehead atoms. The molecule has 1 nitrogen and oxygen atoms in total. The second kappa shape index (κ2) is 18.3. The molecule has 27 heavy (non-hydrogen) atoms. The molecule has 0 fully saturated rings. The minimum Gasteiger partial charge on any atom is -0.328 e. The first kappa shape index (κ1) is 24.0. The first-order valence-electron chi connectivity index (χ1n) is 11.8. The van der Waals surface area contributed by atoms with E-state index in [0.717, 1.165) is 0 Å². The van der Waals surface area contributed by atoms with Crippen LogP contribution in [0.1, 0.15) is 115 Å². The molecule has 1 atom stereocenters. The van der Waals surface area contributed by atoms with Crippen LogP contribution in [0.3, 0.4) is 0 Å². The van der Waals surface area contributed by atoms with E-state index in [4.69, 9.17) is 5.73 Å². The Morgan fingerprint density at radius 1 is 0.667 bits per heavy atom. The zero-order valence-electron chi connectivity index (χ0n) is 18.0. The van der Waals surface area contributed by atoms with Gasteiger partial charge >= 0.3 is 0 Å². The second-order valence-electron chi connectivity index (χ2n) is 8.32. The SMILES string of the molecule is CC(N)CCCCCCCCCCCCCCCCC=Cc1ccccc1. The van der Waals surface area contributed by atoms with Crippen LogP contribution in [-0.4, -0.2) is 6.04 Å². The number of hydrogen-bond donors (Lipinski definition) is 1. The Balaban J connectivity index is 1.73. The number of nitrogens with two attached hydrogens (primary N) is 1. The minimum atomic E-state index is 0.390. The van der Waals surface area contributed by atoms with Crippen LogP contribution in [0, 0.1) is 0 Å². The van der Waals surface area contributed by atoms with Crippen molar-refractivity contribution < 1.29 is 0 Å². The van der Waals surface area contributed by atoms with Crippen LogP contribution < -0.4 is 5.73 Å². The summed E-state index contributed by atoms with van der Waals surface area (Å²) in [4.78, 5) is 0. The molecule has 2 N–H and O–H groups in total. The van der Waals surface area contributed by atoms with Crippen molar-refractivity contribution in [2.45, 2.75) is 116 Å². The highest BCUT2D eigenvalue weighted by Gasteiger charge is 1.96. The van der Waals surface area contributed by atoms with Crippen molar-refractivity contribution in [1.82, 2.24) is 0 Å². The molecule has 1 unspecified atom stereocenters. The fourth-order valence-electron chi connectivity index (χ4n) is 3.63. The Bertz CT molecular complexity index is 435. The zero-order chi connectivity index (χ0) is 19.4. The maximum Gasteiger partial charge on any atom is 0.00104 e. The van der Waals surface area contributed by atoms with Gasteiger partial charge in [0.15, 0.2) is 0 Å². The lowest BCUT2D eigenvalue weighted by atomic mass is 10.0. The summed E-state index contributed by atoms with van der Waals surface area (Å²) in [6, 6.07) is 11.0. The Morgan fingerprint density at radius 3 is 1.59 bits per heavy atom. The first-order chi connectivity index (χ1) is 13.3. The lowest BCUT2D eigenvalue weighted by Crippen LogP contribution is -2.13. The van der Waals surface area contributed by atoms with Crippen molar-refractivity contribution in [2.24, 2.45) is 5.73 Å². The van der Waals surface area contributed by atoms with E-state index in [-0.39, 0.29) is 0 Å². The highest BCUT2D eigenvalue weighted by Crippen LogP contribution is 2.14. The van der Waals surface area contributed by atoms with Crippen LogP contribution in [-0.2, 0) is 0 Å². The van der Waals surface area contributed by atoms with Crippen molar-refractivity contribution >= 4 is 6.08 Å². The van der Waals surface area contributed by atoms with Crippen molar-refractivity contribution in [1.29, 1.82) is 0 Å². The fourth-order valence-corrected chi connectivity index (χ4v) is 3.63. The van der Waals surface area contributed by atoms with Gasteiger partial charge in [-0.05, 0) is 31.7 Å². The van der Waals surface area contributed by atoms with Crippen molar-refractivity contribution in [3.05, 3.63) is 42.0 Å². The molecule has 0 spiro atoms. The molecule has 0 radical (unpaired) electrons. The molecule has 0 saturated carbocycles. The van der Waals surface area contributed by atoms with Crippen LogP contribution in [0.4, 0.5) is 0 Å². The number of unbranched alkanes of at least 4 members (excludes halogenated alkanes) is 14. The van der Waals surface area contributed by atoms with Gasteiger partial charge in [0.1, 0.15) is 0 Å². The third-order valence-corrected chi connectivity index (χ3v) is 5.39. The summed E-state index contributed by atoms with van der Waals surface area (Å²) in [6.45, 7) is 2.12. The molecular weight excluding hydrogens is 326 g/mol. The molecule has 1 rings (SSSR count). The van der Waals surface area contributed by atoms with E-state index < -0.39 is 0 Å². The predicted molar refractivity (Wildman–Crippen MR) is 123 cm³/mol. The molecule has 0 aliphatic rings. The molecule has 0 aromatic heterocycles. The Morgan fingerprint density at radius 2 is 1.11 bits per heavy atom. The van der Waals surface area contributed by atoms with E-state index in [0.29, 0.717) is 6.04 Å². The summed E-state index contributed by atoms with van der Waals surface area (Å²) >= 11 is 0. The van der Waals surface area contributed by atoms with E-state index in [1.807, 2.05) is 0 Å². The monoisotopic (exact) mass is 371 g/mol. The van der Waals surface area contributed by atoms with Crippen LogP contribution in [0.25, 0.3) is 6.08 Å². The molecule has 1 heteroatoms. The third-order valence-electron chi connectivity index (χ3n) is 5.39. The van der Waals surface area contributed by atoms with Gasteiger partial charge in [-0.15, -0.1) is 0 Å². The second-order valence-corrected chi connectivity index (χ2v) is 8.32. The highest BCUT2D eigenvalue weighted by molar-refractivity contribution is 5.48. The average Bonchev–Trinajstić information content (AvgIpc) is 2.67. The number of rotatable bonds is 18. The van der Waals surface area contributed by atoms with Crippen LogP contribution in [0.15, 0.2) is 36.4 Å². The van der Waals surface area contributed by atoms with E-state index in [1.54, 1.807) is 0 Å². The van der Waals surface area contributed by atoms with Gasteiger partial charge in [-0.2, -0.15) is 0 Å². The third kappa shape index (κ3) is 16.8. The smallest absolute Gasteiger partial charge is 0.00104 e. The van der Waals surface area contributed by atoms with Gasteiger partial charge in [0.2, 0.25) is 0 Å². The van der Waals surface area contributed by atoms with Gasteiger partial charge in [0, 0.05) is 6.04 Å². The average molecular weight is 372 g/mol. The molecule has 154 valence electrons. The molecule has 0 aliphatic carbocycles. The van der Waals surface area contributed by atoms with E-state index in [9.17, 15) is 0 Å². The predicted octanol–water partition coefficient (Wildman–Crippen LogP) is 8.29. The Kier molecular flexibility index (Phi) is 16.2. The highest BCUT2D eigenvalue weighted by atomic mass is 14.6. The number of benzene rings is 1. The summed E-state index contributed by atoms with van der Waals surface area (Å²) in [5.41, 5.74) is 7.09. The summed E-state index contributed by atoms with van der Waals surface area (Å²) in [5.74, 6) is 0. The summed E-state index contributed by atoms with van der Waals surface area (Å²) in [7, 11) is 0. The molecule has 0 aliphatic heterocycles. The normalized spacial score (nSPS) is 12.7. The molecule has 0 saturated heterocycles. The van der Waals surface area contributed by atoms with Crippen molar-refractivity contribution in [3.63, 3.8) is 0 Å². The van der Waals surface area contributed by atoms with E-state index >= 15 is 0 Å². The zero-order valence-corrected chi connectivity index (χ0v) is 18.0. The molecule has 0 heterocycles. The quantitative estimate of drug-likeness (QED) is 0.258. The largest absolute Gasteiger partial charge is 0.328 e. The number of allylic oxidation sites excluding steroid dienone is 1. The van der Waals surface area contributed by atoms with Crippen LogP contribution in [0.5, 0.6) is 0 Å². The Hall–Kier alpha value is -1.08. The standard InChI is InChI=1S/C26H45N/c1-25(27)21-17-14-12-10-8-6-4-2-3-5-7-9-11-13-15-18-22-26-23-19-16-20-24-26/h16,18-20,22-25H,2-15,17,21,27H2,1H3. The van der Waals surface area contributed by atoms with Crippen molar-refractivity contribution in [3.8, 4) is 0 Å². The summed E-state index contributed by atoms with van der Waals surface area (Å²) < 4.78 is 0. The van der Waals surface area contributed by atoms with Crippen LogP contribution >= 0.6 is 0 Å². The van der Waals surface area contributed by atoms with Gasteiger partial charge in [0.05, 0.1) is 0 Å².